The van der Waals surface area contributed by atoms with Gasteiger partial charge < -0.3 is 16.0 Å². The van der Waals surface area contributed by atoms with Crippen molar-refractivity contribution in [3.05, 3.63) is 35.0 Å². The number of aryl methyl sites for hydroxylation is 2. The smallest absolute Gasteiger partial charge is 0.260 e. The first-order valence-electron chi connectivity index (χ1n) is 7.32. The van der Waals surface area contributed by atoms with Crippen LogP contribution in [-0.2, 0) is 4.79 Å². The molecule has 0 bridgehead atoms. The predicted octanol–water partition coefficient (Wildman–Crippen LogP) is 3.40. The third kappa shape index (κ3) is 3.87. The van der Waals surface area contributed by atoms with E-state index >= 15 is 0 Å². The number of hydrogen-bond donors (Lipinski definition) is 3. The Balaban J connectivity index is 2.17. The molecule has 0 spiro atoms. The van der Waals surface area contributed by atoms with Gasteiger partial charge in [-0.15, -0.1) is 0 Å². The summed E-state index contributed by atoms with van der Waals surface area (Å²) in [6, 6.07) is 5.39. The zero-order valence-corrected chi connectivity index (χ0v) is 14.4. The highest BCUT2D eigenvalue weighted by Crippen LogP contribution is 2.26. The molecule has 6 nitrogen and oxygen atoms in total. The van der Waals surface area contributed by atoms with Gasteiger partial charge in [-0.1, -0.05) is 6.92 Å². The zero-order chi connectivity index (χ0) is 17.0. The summed E-state index contributed by atoms with van der Waals surface area (Å²) in [4.78, 5) is 23.9. The second-order valence-corrected chi connectivity index (χ2v) is 5.88. The molecule has 0 saturated carbocycles. The van der Waals surface area contributed by atoms with Crippen molar-refractivity contribution in [1.29, 1.82) is 0 Å². The lowest BCUT2D eigenvalue weighted by molar-refractivity contribution is -0.115. The monoisotopic (exact) mass is 332 g/mol. The average Bonchev–Trinajstić information content (AvgIpc) is 2.90. The van der Waals surface area contributed by atoms with E-state index in [1.165, 1.54) is 11.5 Å². The van der Waals surface area contributed by atoms with E-state index in [4.69, 9.17) is 0 Å². The van der Waals surface area contributed by atoms with E-state index in [2.05, 4.69) is 20.3 Å². The Hall–Kier alpha value is -2.41. The SMILES string of the molecule is CCC(=O)Nc1ccc(NC(=O)c2c(C)nsc2NC)cc1C. The second kappa shape index (κ2) is 7.23. The number of rotatable bonds is 5. The van der Waals surface area contributed by atoms with Crippen LogP contribution in [0.3, 0.4) is 0 Å². The van der Waals surface area contributed by atoms with Crippen LogP contribution in [-0.4, -0.2) is 23.2 Å². The van der Waals surface area contributed by atoms with Gasteiger partial charge in [0.1, 0.15) is 5.00 Å². The van der Waals surface area contributed by atoms with E-state index < -0.39 is 0 Å². The van der Waals surface area contributed by atoms with E-state index in [-0.39, 0.29) is 11.8 Å². The minimum Gasteiger partial charge on any atom is -0.378 e. The molecule has 0 aliphatic carbocycles. The van der Waals surface area contributed by atoms with Gasteiger partial charge in [0.15, 0.2) is 0 Å². The van der Waals surface area contributed by atoms with Gasteiger partial charge in [0, 0.05) is 24.8 Å². The molecule has 0 unspecified atom stereocenters. The third-order valence-electron chi connectivity index (χ3n) is 3.40. The van der Waals surface area contributed by atoms with Gasteiger partial charge in [0.25, 0.3) is 5.91 Å². The number of aromatic nitrogens is 1. The summed E-state index contributed by atoms with van der Waals surface area (Å²) in [7, 11) is 1.76. The Morgan fingerprint density at radius 3 is 2.57 bits per heavy atom. The molecular formula is C16H20N4O2S. The molecule has 1 heterocycles. The molecule has 0 saturated heterocycles. The molecule has 1 aromatic heterocycles. The second-order valence-electron chi connectivity index (χ2n) is 5.11. The molecule has 2 amide bonds. The van der Waals surface area contributed by atoms with Gasteiger partial charge in [-0.05, 0) is 49.1 Å². The van der Waals surface area contributed by atoms with Gasteiger partial charge in [-0.25, -0.2) is 0 Å². The standard InChI is InChI=1S/C16H20N4O2S/c1-5-13(21)19-12-7-6-11(8-9(12)2)18-15(22)14-10(3)20-23-16(14)17-4/h6-8,17H,5H2,1-4H3,(H,18,22)(H,19,21). The maximum Gasteiger partial charge on any atom is 0.260 e. The van der Waals surface area contributed by atoms with Crippen LogP contribution in [0.15, 0.2) is 18.2 Å². The number of nitrogens with one attached hydrogen (secondary N) is 3. The Bertz CT molecular complexity index is 740. The summed E-state index contributed by atoms with van der Waals surface area (Å²) >= 11 is 1.26. The van der Waals surface area contributed by atoms with Crippen molar-refractivity contribution in [3.63, 3.8) is 0 Å². The van der Waals surface area contributed by atoms with Crippen LogP contribution in [0.2, 0.25) is 0 Å². The van der Waals surface area contributed by atoms with E-state index in [1.54, 1.807) is 33.0 Å². The Kier molecular flexibility index (Phi) is 5.33. The van der Waals surface area contributed by atoms with Crippen LogP contribution < -0.4 is 16.0 Å². The van der Waals surface area contributed by atoms with Crippen LogP contribution >= 0.6 is 11.5 Å². The summed E-state index contributed by atoms with van der Waals surface area (Å²) in [6.07, 6.45) is 0.426. The zero-order valence-electron chi connectivity index (χ0n) is 13.6. The molecule has 0 aliphatic rings. The van der Waals surface area contributed by atoms with Gasteiger partial charge >= 0.3 is 0 Å². The molecule has 3 N–H and O–H groups in total. The first-order chi connectivity index (χ1) is 11.0. The number of hydrogen-bond acceptors (Lipinski definition) is 5. The molecule has 7 heteroatoms. The van der Waals surface area contributed by atoms with Gasteiger partial charge in [0.05, 0.1) is 11.3 Å². The summed E-state index contributed by atoms with van der Waals surface area (Å²) in [6.45, 7) is 5.49. The number of carbonyl (C=O) groups is 2. The van der Waals surface area contributed by atoms with Crippen molar-refractivity contribution in [1.82, 2.24) is 4.37 Å². The lowest BCUT2D eigenvalue weighted by Crippen LogP contribution is -2.15. The minimum absolute atomic E-state index is 0.0384. The van der Waals surface area contributed by atoms with Crippen molar-refractivity contribution in [2.45, 2.75) is 27.2 Å². The van der Waals surface area contributed by atoms with Crippen LogP contribution in [0.1, 0.15) is 35.0 Å². The van der Waals surface area contributed by atoms with Crippen LogP contribution in [0, 0.1) is 13.8 Å². The highest BCUT2D eigenvalue weighted by molar-refractivity contribution is 7.10. The first-order valence-corrected chi connectivity index (χ1v) is 8.09. The molecule has 0 radical (unpaired) electrons. The number of carbonyl (C=O) groups excluding carboxylic acids is 2. The summed E-state index contributed by atoms with van der Waals surface area (Å²) in [5.41, 5.74) is 3.56. The van der Waals surface area contributed by atoms with Crippen LogP contribution in [0.5, 0.6) is 0 Å². The first kappa shape index (κ1) is 17.0. The molecule has 23 heavy (non-hydrogen) atoms. The normalized spacial score (nSPS) is 10.3. The van der Waals surface area contributed by atoms with Gasteiger partial charge in [-0.3, -0.25) is 9.59 Å². The number of anilines is 3. The molecule has 1 aromatic carbocycles. The average molecular weight is 332 g/mol. The molecule has 0 fully saturated rings. The summed E-state index contributed by atoms with van der Waals surface area (Å²) in [5, 5.41) is 9.41. The third-order valence-corrected chi connectivity index (χ3v) is 4.35. The molecule has 122 valence electrons. The fourth-order valence-electron chi connectivity index (χ4n) is 2.12. The van der Waals surface area contributed by atoms with E-state index in [0.717, 1.165) is 16.3 Å². The molecule has 2 aromatic rings. The fraction of sp³-hybridized carbons (Fsp3) is 0.312. The number of amides is 2. The van der Waals surface area contributed by atoms with E-state index in [1.807, 2.05) is 13.0 Å². The highest BCUT2D eigenvalue weighted by atomic mass is 32.1. The summed E-state index contributed by atoms with van der Waals surface area (Å²) < 4.78 is 4.19. The highest BCUT2D eigenvalue weighted by Gasteiger charge is 2.18. The Morgan fingerprint density at radius 1 is 1.22 bits per heavy atom. The fourth-order valence-corrected chi connectivity index (χ4v) is 2.86. The largest absolute Gasteiger partial charge is 0.378 e. The Morgan fingerprint density at radius 2 is 1.96 bits per heavy atom. The van der Waals surface area contributed by atoms with Gasteiger partial charge in [-0.2, -0.15) is 4.37 Å². The van der Waals surface area contributed by atoms with Crippen molar-refractivity contribution < 1.29 is 9.59 Å². The molecule has 0 aliphatic heterocycles. The maximum atomic E-state index is 12.4. The minimum atomic E-state index is -0.203. The van der Waals surface area contributed by atoms with E-state index in [0.29, 0.717) is 23.4 Å². The predicted molar refractivity (Wildman–Crippen MR) is 94.5 cm³/mol. The number of nitrogens with zero attached hydrogens (tertiary/aromatic N) is 1. The lowest BCUT2D eigenvalue weighted by atomic mass is 10.1. The quantitative estimate of drug-likeness (QED) is 0.783. The van der Waals surface area contributed by atoms with Crippen molar-refractivity contribution in [2.75, 3.05) is 23.0 Å². The lowest BCUT2D eigenvalue weighted by Gasteiger charge is -2.11. The van der Waals surface area contributed by atoms with Crippen LogP contribution in [0.4, 0.5) is 16.4 Å². The van der Waals surface area contributed by atoms with Crippen molar-refractivity contribution in [3.8, 4) is 0 Å². The molecule has 0 atom stereocenters. The molecule has 2 rings (SSSR count). The maximum absolute atomic E-state index is 12.4. The van der Waals surface area contributed by atoms with E-state index in [9.17, 15) is 9.59 Å². The summed E-state index contributed by atoms with van der Waals surface area (Å²) in [5.74, 6) is -0.242. The number of benzene rings is 1. The van der Waals surface area contributed by atoms with Crippen LogP contribution in [0.25, 0.3) is 0 Å². The topological polar surface area (TPSA) is 83.1 Å². The van der Waals surface area contributed by atoms with Crippen molar-refractivity contribution >= 4 is 39.7 Å². The van der Waals surface area contributed by atoms with Gasteiger partial charge in [0.2, 0.25) is 5.91 Å². The molecular weight excluding hydrogens is 312 g/mol. The Labute approximate surface area is 139 Å². The van der Waals surface area contributed by atoms with Crippen molar-refractivity contribution in [2.24, 2.45) is 0 Å².